The van der Waals surface area contributed by atoms with Crippen molar-refractivity contribution in [3.05, 3.63) is 0 Å². The van der Waals surface area contributed by atoms with Gasteiger partial charge in [0.25, 0.3) is 0 Å². The highest BCUT2D eigenvalue weighted by atomic mass is 32.2. The molecule has 56 valence electrons. The first-order valence-corrected chi connectivity index (χ1v) is 3.63. The molecule has 0 aliphatic rings. The Morgan fingerprint density at radius 1 is 1.67 bits per heavy atom. The lowest BCUT2D eigenvalue weighted by atomic mass is 10.6. The number of nitrogens with zero attached hydrogens (tertiary/aromatic N) is 1. The Kier molecular flexibility index (Phi) is 3.96. The summed E-state index contributed by atoms with van der Waals surface area (Å²) in [6, 6.07) is 0. The first-order valence-electron chi connectivity index (χ1n) is 2.46. The van der Waals surface area contributed by atoms with Crippen LogP contribution in [0.25, 0.3) is 0 Å². The van der Waals surface area contributed by atoms with Crippen LogP contribution in [-0.2, 0) is 11.1 Å². The summed E-state index contributed by atoms with van der Waals surface area (Å²) in [5.41, 5.74) is -1.15. The van der Waals surface area contributed by atoms with Crippen molar-refractivity contribution in [2.24, 2.45) is 0 Å². The van der Waals surface area contributed by atoms with E-state index in [0.717, 1.165) is 0 Å². The van der Waals surface area contributed by atoms with Gasteiger partial charge in [0.2, 0.25) is 0 Å². The lowest BCUT2D eigenvalue weighted by Gasteiger charge is -2.11. The summed E-state index contributed by atoms with van der Waals surface area (Å²) < 4.78 is 18.3. The molecule has 0 spiro atoms. The monoisotopic (exact) mass is 153 g/mol. The van der Waals surface area contributed by atoms with Gasteiger partial charge in [-0.25, -0.2) is 4.21 Å². The zero-order valence-electron chi connectivity index (χ0n) is 5.44. The minimum Gasteiger partial charge on any atom is -0.376 e. The number of hydrogen-bond acceptors (Lipinski definition) is 3. The quantitative estimate of drug-likeness (QED) is 0.515. The van der Waals surface area contributed by atoms with Crippen LogP contribution in [0.5, 0.6) is 0 Å². The molecule has 9 heavy (non-hydrogen) atoms. The van der Waals surface area contributed by atoms with Crippen molar-refractivity contribution in [2.45, 2.75) is 5.44 Å². The van der Waals surface area contributed by atoms with Crippen LogP contribution < -0.4 is 0 Å². The summed E-state index contributed by atoms with van der Waals surface area (Å²) >= 11 is -2.12. The molecule has 5 heteroatoms. The molecule has 0 fully saturated rings. The van der Waals surface area contributed by atoms with Gasteiger partial charge in [-0.2, -0.15) is 0 Å². The molecule has 0 saturated carbocycles. The Morgan fingerprint density at radius 3 is 2.22 bits per heavy atom. The van der Waals surface area contributed by atoms with Crippen molar-refractivity contribution in [1.29, 1.82) is 0 Å². The van der Waals surface area contributed by atoms with E-state index in [1.54, 1.807) is 19.0 Å². The maximum Gasteiger partial charge on any atom is 0.183 e. The van der Waals surface area contributed by atoms with E-state index in [-0.39, 0.29) is 6.54 Å². The Balaban J connectivity index is 3.50. The van der Waals surface area contributed by atoms with E-state index in [2.05, 4.69) is 0 Å². The highest BCUT2D eigenvalue weighted by Crippen LogP contribution is 1.88. The molecule has 2 unspecified atom stereocenters. The van der Waals surface area contributed by atoms with Gasteiger partial charge >= 0.3 is 0 Å². The standard InChI is InChI=1S/C4H11NO3S/c1-5(2)3-4(6)9(7)8/h4,6H,3H2,1-2H3,(H,7,8). The molecule has 0 aromatic heterocycles. The van der Waals surface area contributed by atoms with Crippen LogP contribution in [0.4, 0.5) is 0 Å². The molecule has 2 N–H and O–H groups in total. The van der Waals surface area contributed by atoms with E-state index in [9.17, 15) is 4.21 Å². The van der Waals surface area contributed by atoms with Gasteiger partial charge in [0.1, 0.15) is 0 Å². The molecule has 0 bridgehead atoms. The fourth-order valence-electron chi connectivity index (χ4n) is 0.376. The topological polar surface area (TPSA) is 60.8 Å². The summed E-state index contributed by atoms with van der Waals surface area (Å²) in [6.07, 6.45) is 0. The predicted molar refractivity (Wildman–Crippen MR) is 35.3 cm³/mol. The average Bonchev–Trinajstić information content (AvgIpc) is 1.63. The normalized spacial score (nSPS) is 17.9. The minimum atomic E-state index is -2.12. The Morgan fingerprint density at radius 2 is 2.11 bits per heavy atom. The first-order chi connectivity index (χ1) is 4.04. The van der Waals surface area contributed by atoms with Crippen LogP contribution >= 0.6 is 0 Å². The van der Waals surface area contributed by atoms with Crippen LogP contribution in [-0.4, -0.2) is 44.8 Å². The van der Waals surface area contributed by atoms with Gasteiger partial charge in [0.15, 0.2) is 16.5 Å². The molecule has 0 aromatic carbocycles. The maximum absolute atomic E-state index is 10.1. The molecule has 4 nitrogen and oxygen atoms in total. The van der Waals surface area contributed by atoms with Crippen LogP contribution in [0, 0.1) is 0 Å². The van der Waals surface area contributed by atoms with Gasteiger partial charge < -0.3 is 14.6 Å². The van der Waals surface area contributed by atoms with E-state index in [1.807, 2.05) is 0 Å². The Labute approximate surface area is 56.8 Å². The largest absolute Gasteiger partial charge is 0.376 e. The zero-order chi connectivity index (χ0) is 7.44. The molecule has 0 aliphatic carbocycles. The van der Waals surface area contributed by atoms with Crippen molar-refractivity contribution in [3.63, 3.8) is 0 Å². The van der Waals surface area contributed by atoms with Crippen molar-refractivity contribution < 1.29 is 13.9 Å². The molecule has 2 atom stereocenters. The van der Waals surface area contributed by atoms with Gasteiger partial charge in [-0.3, -0.25) is 0 Å². The molecule has 0 heterocycles. The van der Waals surface area contributed by atoms with Gasteiger partial charge in [-0.1, -0.05) is 0 Å². The van der Waals surface area contributed by atoms with Gasteiger partial charge in [0, 0.05) is 6.54 Å². The van der Waals surface area contributed by atoms with Gasteiger partial charge in [-0.15, -0.1) is 0 Å². The highest BCUT2D eigenvalue weighted by molar-refractivity contribution is 7.79. The second-order valence-corrected chi connectivity index (χ2v) is 3.09. The van der Waals surface area contributed by atoms with Crippen molar-refractivity contribution in [2.75, 3.05) is 20.6 Å². The number of rotatable bonds is 3. The fourth-order valence-corrected chi connectivity index (χ4v) is 0.802. The number of aliphatic hydroxyl groups excluding tert-OH is 1. The number of hydrogen-bond donors (Lipinski definition) is 2. The minimum absolute atomic E-state index is 0.211. The smallest absolute Gasteiger partial charge is 0.183 e. The molecule has 0 aliphatic heterocycles. The Bertz CT molecular complexity index is 106. The summed E-state index contributed by atoms with van der Waals surface area (Å²) in [5.74, 6) is 0. The van der Waals surface area contributed by atoms with Crippen molar-refractivity contribution >= 4 is 11.1 Å². The molecule has 0 rings (SSSR count). The highest BCUT2D eigenvalue weighted by Gasteiger charge is 2.09. The SMILES string of the molecule is CN(C)CC(O)S(=O)O. The van der Waals surface area contributed by atoms with E-state index < -0.39 is 16.5 Å². The summed E-state index contributed by atoms with van der Waals surface area (Å²) in [5, 5.41) is 8.71. The van der Waals surface area contributed by atoms with E-state index in [1.165, 1.54) is 0 Å². The van der Waals surface area contributed by atoms with Crippen molar-refractivity contribution in [1.82, 2.24) is 4.90 Å². The summed E-state index contributed by atoms with van der Waals surface area (Å²) in [6.45, 7) is 0.211. The summed E-state index contributed by atoms with van der Waals surface area (Å²) in [4.78, 5) is 1.64. The predicted octanol–water partition coefficient (Wildman–Crippen LogP) is -0.912. The third kappa shape index (κ3) is 4.53. The second-order valence-electron chi connectivity index (χ2n) is 1.99. The maximum atomic E-state index is 10.1. The van der Waals surface area contributed by atoms with Crippen LogP contribution in [0.1, 0.15) is 0 Å². The average molecular weight is 153 g/mol. The third-order valence-corrected chi connectivity index (χ3v) is 1.37. The lowest BCUT2D eigenvalue weighted by molar-refractivity contribution is 0.199. The molecular weight excluding hydrogens is 142 g/mol. The Hall–Kier alpha value is 0.0300. The first kappa shape index (κ1) is 9.03. The van der Waals surface area contributed by atoms with E-state index in [0.29, 0.717) is 0 Å². The van der Waals surface area contributed by atoms with Crippen LogP contribution in [0.3, 0.4) is 0 Å². The zero-order valence-corrected chi connectivity index (χ0v) is 6.26. The van der Waals surface area contributed by atoms with Crippen molar-refractivity contribution in [3.8, 4) is 0 Å². The summed E-state index contributed by atoms with van der Waals surface area (Å²) in [7, 11) is 3.44. The van der Waals surface area contributed by atoms with Gasteiger partial charge in [0.05, 0.1) is 0 Å². The van der Waals surface area contributed by atoms with E-state index >= 15 is 0 Å². The molecule has 0 radical (unpaired) electrons. The fraction of sp³-hybridized carbons (Fsp3) is 1.00. The molecular formula is C4H11NO3S. The molecule has 0 amide bonds. The molecule has 0 saturated heterocycles. The van der Waals surface area contributed by atoms with Gasteiger partial charge in [-0.05, 0) is 14.1 Å². The van der Waals surface area contributed by atoms with Crippen LogP contribution in [0.15, 0.2) is 0 Å². The number of likely N-dealkylation sites (N-methyl/N-ethyl adjacent to an activating group) is 1. The third-order valence-electron chi connectivity index (χ3n) is 0.754. The lowest BCUT2D eigenvalue weighted by Crippen LogP contribution is -2.28. The number of aliphatic hydroxyl groups is 1. The second kappa shape index (κ2) is 3.94. The van der Waals surface area contributed by atoms with E-state index in [4.69, 9.17) is 9.66 Å². The molecule has 0 aromatic rings. The van der Waals surface area contributed by atoms with Crippen LogP contribution in [0.2, 0.25) is 0 Å².